The predicted octanol–water partition coefficient (Wildman–Crippen LogP) is 2.59. The molecule has 2 aliphatic rings. The van der Waals surface area contributed by atoms with E-state index in [0.717, 1.165) is 24.1 Å². The third-order valence-electron chi connectivity index (χ3n) is 4.87. The Morgan fingerprint density at radius 1 is 1.30 bits per heavy atom. The van der Waals surface area contributed by atoms with Crippen LogP contribution in [0.15, 0.2) is 18.2 Å². The van der Waals surface area contributed by atoms with Crippen LogP contribution >= 0.6 is 12.4 Å². The maximum absolute atomic E-state index is 6.19. The SMILES string of the molecule is COc1cc(CN2CC3CCC(N)C3C2)ccc1C.Cl. The van der Waals surface area contributed by atoms with Crippen molar-refractivity contribution in [2.45, 2.75) is 32.4 Å². The molecule has 20 heavy (non-hydrogen) atoms. The van der Waals surface area contributed by atoms with Gasteiger partial charge in [-0.25, -0.2) is 0 Å². The van der Waals surface area contributed by atoms with Gasteiger partial charge in [0, 0.05) is 25.7 Å². The number of fused-ring (bicyclic) bond motifs is 1. The quantitative estimate of drug-likeness (QED) is 0.932. The van der Waals surface area contributed by atoms with Crippen LogP contribution in [0.1, 0.15) is 24.0 Å². The van der Waals surface area contributed by atoms with Crippen molar-refractivity contribution in [3.05, 3.63) is 29.3 Å². The molecule has 3 unspecified atom stereocenters. The van der Waals surface area contributed by atoms with Crippen LogP contribution in [-0.4, -0.2) is 31.1 Å². The van der Waals surface area contributed by atoms with Crippen molar-refractivity contribution < 1.29 is 4.74 Å². The molecular formula is C16H25ClN2O. The topological polar surface area (TPSA) is 38.5 Å². The second kappa shape index (κ2) is 6.33. The van der Waals surface area contributed by atoms with Crippen LogP contribution in [0, 0.1) is 18.8 Å². The molecule has 1 saturated heterocycles. The van der Waals surface area contributed by atoms with Crippen LogP contribution in [0.2, 0.25) is 0 Å². The fourth-order valence-corrected chi connectivity index (χ4v) is 3.75. The Morgan fingerprint density at radius 3 is 2.80 bits per heavy atom. The van der Waals surface area contributed by atoms with Gasteiger partial charge < -0.3 is 10.5 Å². The predicted molar refractivity (Wildman–Crippen MR) is 84.4 cm³/mol. The van der Waals surface area contributed by atoms with E-state index in [1.165, 1.54) is 37.1 Å². The van der Waals surface area contributed by atoms with Crippen molar-refractivity contribution in [1.82, 2.24) is 4.90 Å². The standard InChI is InChI=1S/C16H24N2O.ClH/c1-11-3-4-12(7-16(11)19-2)8-18-9-13-5-6-15(17)14(13)10-18;/h3-4,7,13-15H,5-6,8-10,17H2,1-2H3;1H. The summed E-state index contributed by atoms with van der Waals surface area (Å²) in [4.78, 5) is 2.55. The van der Waals surface area contributed by atoms with E-state index in [1.807, 2.05) is 0 Å². The number of benzene rings is 1. The van der Waals surface area contributed by atoms with Crippen LogP contribution in [0.25, 0.3) is 0 Å². The summed E-state index contributed by atoms with van der Waals surface area (Å²) in [6.07, 6.45) is 2.54. The third kappa shape index (κ3) is 2.95. The highest BCUT2D eigenvalue weighted by molar-refractivity contribution is 5.85. The van der Waals surface area contributed by atoms with Gasteiger partial charge in [-0.05, 0) is 48.8 Å². The molecular weight excluding hydrogens is 272 g/mol. The molecule has 2 fully saturated rings. The molecule has 1 aliphatic heterocycles. The van der Waals surface area contributed by atoms with Crippen molar-refractivity contribution in [2.75, 3.05) is 20.2 Å². The highest BCUT2D eigenvalue weighted by Crippen LogP contribution is 2.37. The molecule has 3 rings (SSSR count). The number of nitrogens with two attached hydrogens (primary N) is 1. The van der Waals surface area contributed by atoms with Gasteiger partial charge >= 0.3 is 0 Å². The zero-order chi connectivity index (χ0) is 13.4. The van der Waals surface area contributed by atoms with Gasteiger partial charge in [0.2, 0.25) is 0 Å². The summed E-state index contributed by atoms with van der Waals surface area (Å²) in [6, 6.07) is 6.97. The number of likely N-dealkylation sites (tertiary alicyclic amines) is 1. The van der Waals surface area contributed by atoms with Gasteiger partial charge in [-0.2, -0.15) is 0 Å². The van der Waals surface area contributed by atoms with E-state index in [1.54, 1.807) is 7.11 Å². The summed E-state index contributed by atoms with van der Waals surface area (Å²) in [5.74, 6) is 2.56. The Bertz CT molecular complexity index is 466. The first-order valence-electron chi connectivity index (χ1n) is 7.29. The van der Waals surface area contributed by atoms with E-state index in [9.17, 15) is 0 Å². The lowest BCUT2D eigenvalue weighted by atomic mass is 9.98. The second-order valence-electron chi connectivity index (χ2n) is 6.16. The van der Waals surface area contributed by atoms with E-state index in [2.05, 4.69) is 30.0 Å². The smallest absolute Gasteiger partial charge is 0.122 e. The molecule has 1 aromatic carbocycles. The Balaban J connectivity index is 0.00000147. The summed E-state index contributed by atoms with van der Waals surface area (Å²) in [6.45, 7) is 5.49. The number of hydrogen-bond acceptors (Lipinski definition) is 3. The van der Waals surface area contributed by atoms with Crippen molar-refractivity contribution in [1.29, 1.82) is 0 Å². The number of halogens is 1. The first kappa shape index (κ1) is 15.6. The normalized spacial score (nSPS) is 29.1. The van der Waals surface area contributed by atoms with Gasteiger partial charge in [-0.15, -0.1) is 12.4 Å². The van der Waals surface area contributed by atoms with Crippen molar-refractivity contribution >= 4 is 12.4 Å². The maximum atomic E-state index is 6.19. The number of nitrogens with zero attached hydrogens (tertiary/aromatic N) is 1. The number of aryl methyl sites for hydroxylation is 1. The van der Waals surface area contributed by atoms with Crippen LogP contribution in [0.5, 0.6) is 5.75 Å². The van der Waals surface area contributed by atoms with E-state index >= 15 is 0 Å². The molecule has 0 spiro atoms. The van der Waals surface area contributed by atoms with Gasteiger partial charge in [0.05, 0.1) is 7.11 Å². The van der Waals surface area contributed by atoms with Gasteiger partial charge in [-0.3, -0.25) is 4.90 Å². The van der Waals surface area contributed by atoms with E-state index in [0.29, 0.717) is 6.04 Å². The zero-order valence-electron chi connectivity index (χ0n) is 12.3. The van der Waals surface area contributed by atoms with Crippen molar-refractivity contribution in [3.63, 3.8) is 0 Å². The molecule has 0 amide bonds. The molecule has 0 aromatic heterocycles. The third-order valence-corrected chi connectivity index (χ3v) is 4.87. The molecule has 3 atom stereocenters. The molecule has 0 radical (unpaired) electrons. The number of ether oxygens (including phenoxy) is 1. The number of methoxy groups -OCH3 is 1. The molecule has 112 valence electrons. The molecule has 4 heteroatoms. The minimum absolute atomic E-state index is 0. The molecule has 1 saturated carbocycles. The Labute approximate surface area is 127 Å². The van der Waals surface area contributed by atoms with Crippen molar-refractivity contribution in [2.24, 2.45) is 17.6 Å². The van der Waals surface area contributed by atoms with E-state index < -0.39 is 0 Å². The summed E-state index contributed by atoms with van der Waals surface area (Å²) < 4.78 is 5.40. The average molecular weight is 297 g/mol. The monoisotopic (exact) mass is 296 g/mol. The fraction of sp³-hybridized carbons (Fsp3) is 0.625. The highest BCUT2D eigenvalue weighted by Gasteiger charge is 2.40. The first-order chi connectivity index (χ1) is 9.17. The summed E-state index contributed by atoms with van der Waals surface area (Å²) >= 11 is 0. The van der Waals surface area contributed by atoms with Crippen LogP contribution in [0.3, 0.4) is 0 Å². The lowest BCUT2D eigenvalue weighted by Gasteiger charge is -2.19. The van der Waals surface area contributed by atoms with Gasteiger partial charge in [0.25, 0.3) is 0 Å². The largest absolute Gasteiger partial charge is 0.496 e. The lowest BCUT2D eigenvalue weighted by molar-refractivity contribution is 0.297. The van der Waals surface area contributed by atoms with E-state index in [-0.39, 0.29) is 12.4 Å². The summed E-state index contributed by atoms with van der Waals surface area (Å²) in [5, 5.41) is 0. The maximum Gasteiger partial charge on any atom is 0.122 e. The summed E-state index contributed by atoms with van der Waals surface area (Å²) in [5.41, 5.74) is 8.74. The molecule has 1 heterocycles. The second-order valence-corrected chi connectivity index (χ2v) is 6.16. The Hall–Kier alpha value is -0.770. The van der Waals surface area contributed by atoms with Gasteiger partial charge in [-0.1, -0.05) is 12.1 Å². The highest BCUT2D eigenvalue weighted by atomic mass is 35.5. The minimum atomic E-state index is 0. The van der Waals surface area contributed by atoms with Crippen molar-refractivity contribution in [3.8, 4) is 5.75 Å². The molecule has 1 aromatic rings. The lowest BCUT2D eigenvalue weighted by Crippen LogP contribution is -2.30. The summed E-state index contributed by atoms with van der Waals surface area (Å²) in [7, 11) is 1.74. The van der Waals surface area contributed by atoms with Crippen LogP contribution in [-0.2, 0) is 6.54 Å². The van der Waals surface area contributed by atoms with Gasteiger partial charge in [0.15, 0.2) is 0 Å². The number of rotatable bonds is 3. The molecule has 2 N–H and O–H groups in total. The van der Waals surface area contributed by atoms with Crippen LogP contribution in [0.4, 0.5) is 0 Å². The number of hydrogen-bond donors (Lipinski definition) is 1. The Kier molecular flexibility index (Phi) is 4.95. The molecule has 3 nitrogen and oxygen atoms in total. The minimum Gasteiger partial charge on any atom is -0.496 e. The van der Waals surface area contributed by atoms with E-state index in [4.69, 9.17) is 10.5 Å². The Morgan fingerprint density at radius 2 is 2.10 bits per heavy atom. The fourth-order valence-electron chi connectivity index (χ4n) is 3.75. The average Bonchev–Trinajstić information content (AvgIpc) is 2.94. The first-order valence-corrected chi connectivity index (χ1v) is 7.29. The van der Waals surface area contributed by atoms with Crippen LogP contribution < -0.4 is 10.5 Å². The molecule has 0 bridgehead atoms. The zero-order valence-corrected chi connectivity index (χ0v) is 13.2. The molecule has 1 aliphatic carbocycles. The van der Waals surface area contributed by atoms with Gasteiger partial charge in [0.1, 0.15) is 5.75 Å².